The number of nitro benzene ring substituents is 1. The molecule has 0 spiro atoms. The number of hydrogen-bond acceptors (Lipinski definition) is 6. The number of ether oxygens (including phenoxy) is 2. The van der Waals surface area contributed by atoms with Crippen molar-refractivity contribution in [2.75, 3.05) is 23.8 Å². The highest BCUT2D eigenvalue weighted by molar-refractivity contribution is 5.94. The molecule has 2 N–H and O–H groups in total. The Morgan fingerprint density at radius 2 is 1.75 bits per heavy atom. The number of carbonyl (C=O) groups excluding carboxylic acids is 2. The van der Waals surface area contributed by atoms with E-state index >= 15 is 0 Å². The van der Waals surface area contributed by atoms with Crippen molar-refractivity contribution < 1.29 is 24.0 Å². The van der Waals surface area contributed by atoms with Crippen molar-refractivity contribution in [3.63, 3.8) is 0 Å². The van der Waals surface area contributed by atoms with Crippen molar-refractivity contribution in [1.82, 2.24) is 0 Å². The van der Waals surface area contributed by atoms with Crippen LogP contribution in [0.5, 0.6) is 11.5 Å². The fraction of sp³-hybridized carbons (Fsp3) is 0.263. The van der Waals surface area contributed by atoms with Crippen LogP contribution in [0.25, 0.3) is 0 Å². The van der Waals surface area contributed by atoms with Crippen LogP contribution in [0.4, 0.5) is 17.1 Å². The average molecular weight is 387 g/mol. The zero-order chi connectivity index (χ0) is 20.5. The quantitative estimate of drug-likeness (QED) is 0.503. The van der Waals surface area contributed by atoms with Crippen molar-refractivity contribution in [2.45, 2.75) is 20.3 Å². The Hall–Kier alpha value is -3.62. The van der Waals surface area contributed by atoms with Crippen LogP contribution in [0.3, 0.4) is 0 Å². The van der Waals surface area contributed by atoms with Gasteiger partial charge in [0.1, 0.15) is 17.2 Å². The van der Waals surface area contributed by atoms with E-state index in [1.807, 2.05) is 0 Å². The molecule has 148 valence electrons. The molecule has 28 heavy (non-hydrogen) atoms. The van der Waals surface area contributed by atoms with Crippen LogP contribution >= 0.6 is 0 Å². The second kappa shape index (κ2) is 9.91. The molecule has 2 aromatic rings. The van der Waals surface area contributed by atoms with Gasteiger partial charge in [-0.2, -0.15) is 0 Å². The number of carbonyl (C=O) groups is 2. The van der Waals surface area contributed by atoms with E-state index in [1.54, 1.807) is 38.1 Å². The van der Waals surface area contributed by atoms with Crippen molar-refractivity contribution in [3.05, 3.63) is 52.6 Å². The average Bonchev–Trinajstić information content (AvgIpc) is 2.68. The Bertz CT molecular complexity index is 868. The number of hydrogen-bond donors (Lipinski definition) is 2. The number of rotatable bonds is 9. The van der Waals surface area contributed by atoms with Crippen LogP contribution in [-0.4, -0.2) is 30.0 Å². The highest BCUT2D eigenvalue weighted by Gasteiger charge is 2.17. The SMILES string of the molecule is CCOc1ccc(NC(=O)COc2cccc(NC(=O)CC)c2)c([N+](=O)[O-])c1. The zero-order valence-corrected chi connectivity index (χ0v) is 15.6. The molecule has 0 bridgehead atoms. The third kappa shape index (κ3) is 5.97. The topological polar surface area (TPSA) is 120 Å². The first-order chi connectivity index (χ1) is 13.4. The van der Waals surface area contributed by atoms with Gasteiger partial charge in [0.2, 0.25) is 5.91 Å². The van der Waals surface area contributed by atoms with E-state index in [4.69, 9.17) is 9.47 Å². The first-order valence-corrected chi connectivity index (χ1v) is 8.66. The van der Waals surface area contributed by atoms with E-state index in [0.29, 0.717) is 30.2 Å². The summed E-state index contributed by atoms with van der Waals surface area (Å²) >= 11 is 0. The smallest absolute Gasteiger partial charge is 0.296 e. The normalized spacial score (nSPS) is 10.1. The van der Waals surface area contributed by atoms with E-state index in [0.717, 1.165) is 0 Å². The minimum absolute atomic E-state index is 0.0472. The lowest BCUT2D eigenvalue weighted by molar-refractivity contribution is -0.384. The van der Waals surface area contributed by atoms with Gasteiger partial charge in [0.15, 0.2) is 6.61 Å². The molecule has 0 unspecified atom stereocenters. The molecule has 0 atom stereocenters. The molecule has 2 aromatic carbocycles. The maximum atomic E-state index is 12.1. The maximum absolute atomic E-state index is 12.1. The fourth-order valence-electron chi connectivity index (χ4n) is 2.27. The number of nitrogens with one attached hydrogen (secondary N) is 2. The first kappa shape index (κ1) is 20.7. The van der Waals surface area contributed by atoms with E-state index in [1.165, 1.54) is 18.2 Å². The Kier molecular flexibility index (Phi) is 7.32. The fourth-order valence-corrected chi connectivity index (χ4v) is 2.27. The molecule has 0 saturated heterocycles. The first-order valence-electron chi connectivity index (χ1n) is 8.66. The van der Waals surface area contributed by atoms with Crippen LogP contribution in [0.2, 0.25) is 0 Å². The molecule has 0 aliphatic heterocycles. The highest BCUT2D eigenvalue weighted by Crippen LogP contribution is 2.29. The van der Waals surface area contributed by atoms with Gasteiger partial charge in [0.05, 0.1) is 17.6 Å². The number of nitrogens with zero attached hydrogens (tertiary/aromatic N) is 1. The minimum atomic E-state index is -0.598. The second-order valence-corrected chi connectivity index (χ2v) is 5.64. The van der Waals surface area contributed by atoms with Crippen LogP contribution in [0.1, 0.15) is 20.3 Å². The third-order valence-electron chi connectivity index (χ3n) is 3.56. The molecule has 0 heterocycles. The summed E-state index contributed by atoms with van der Waals surface area (Å²) in [7, 11) is 0. The van der Waals surface area contributed by atoms with E-state index < -0.39 is 10.8 Å². The van der Waals surface area contributed by atoms with Crippen LogP contribution < -0.4 is 20.1 Å². The molecule has 0 aliphatic rings. The van der Waals surface area contributed by atoms with Crippen molar-refractivity contribution in [1.29, 1.82) is 0 Å². The summed E-state index contributed by atoms with van der Waals surface area (Å²) in [4.78, 5) is 34.2. The van der Waals surface area contributed by atoms with Crippen LogP contribution in [-0.2, 0) is 9.59 Å². The third-order valence-corrected chi connectivity index (χ3v) is 3.56. The number of benzene rings is 2. The molecular weight excluding hydrogens is 366 g/mol. The van der Waals surface area contributed by atoms with E-state index in [9.17, 15) is 19.7 Å². The minimum Gasteiger partial charge on any atom is -0.494 e. The summed E-state index contributed by atoms with van der Waals surface area (Å²) in [6.07, 6.45) is 0.342. The molecule has 9 heteroatoms. The summed E-state index contributed by atoms with van der Waals surface area (Å²) in [5, 5.41) is 16.4. The second-order valence-electron chi connectivity index (χ2n) is 5.64. The molecule has 0 aromatic heterocycles. The molecule has 2 amide bonds. The summed E-state index contributed by atoms with van der Waals surface area (Å²) in [6, 6.07) is 10.8. The number of amides is 2. The van der Waals surface area contributed by atoms with Gasteiger partial charge in [-0.25, -0.2) is 0 Å². The van der Waals surface area contributed by atoms with Gasteiger partial charge < -0.3 is 20.1 Å². The van der Waals surface area contributed by atoms with Gasteiger partial charge in [-0.05, 0) is 31.2 Å². The van der Waals surface area contributed by atoms with Gasteiger partial charge in [-0.15, -0.1) is 0 Å². The molecule has 2 rings (SSSR count). The molecule has 9 nitrogen and oxygen atoms in total. The van der Waals surface area contributed by atoms with Gasteiger partial charge in [-0.3, -0.25) is 19.7 Å². The molecule has 0 radical (unpaired) electrons. The number of nitro groups is 1. The van der Waals surface area contributed by atoms with Crippen LogP contribution in [0.15, 0.2) is 42.5 Å². The van der Waals surface area contributed by atoms with Crippen molar-refractivity contribution in [2.24, 2.45) is 0 Å². The lowest BCUT2D eigenvalue weighted by Gasteiger charge is -2.10. The van der Waals surface area contributed by atoms with Gasteiger partial charge in [0.25, 0.3) is 11.6 Å². The molecular formula is C19H21N3O6. The predicted molar refractivity (Wildman–Crippen MR) is 104 cm³/mol. The Morgan fingerprint density at radius 3 is 2.43 bits per heavy atom. The lowest BCUT2D eigenvalue weighted by Crippen LogP contribution is -2.20. The maximum Gasteiger partial charge on any atom is 0.296 e. The summed E-state index contributed by atoms with van der Waals surface area (Å²) < 4.78 is 10.6. The van der Waals surface area contributed by atoms with Crippen molar-refractivity contribution in [3.8, 4) is 11.5 Å². The van der Waals surface area contributed by atoms with Gasteiger partial charge >= 0.3 is 0 Å². The summed E-state index contributed by atoms with van der Waals surface area (Å²) in [6.45, 7) is 3.52. The largest absolute Gasteiger partial charge is 0.494 e. The van der Waals surface area contributed by atoms with Crippen molar-refractivity contribution >= 4 is 28.9 Å². The Balaban J connectivity index is 2.00. The summed E-state index contributed by atoms with van der Waals surface area (Å²) in [5.74, 6) is 0.0209. The van der Waals surface area contributed by atoms with Gasteiger partial charge in [0, 0.05) is 18.2 Å². The monoisotopic (exact) mass is 387 g/mol. The standard InChI is InChI=1S/C19H21N3O6/c1-3-18(23)20-13-6-5-7-14(10-13)28-12-19(24)21-16-9-8-15(27-4-2)11-17(16)22(25)26/h5-11H,3-4,12H2,1-2H3,(H,20,23)(H,21,24). The lowest BCUT2D eigenvalue weighted by atomic mass is 10.2. The number of anilines is 2. The highest BCUT2D eigenvalue weighted by atomic mass is 16.6. The van der Waals surface area contributed by atoms with E-state index in [-0.39, 0.29) is 23.9 Å². The Labute approximate surface area is 161 Å². The Morgan fingerprint density at radius 1 is 1.00 bits per heavy atom. The molecule has 0 saturated carbocycles. The van der Waals surface area contributed by atoms with Crippen LogP contribution in [0, 0.1) is 10.1 Å². The molecule has 0 aliphatic carbocycles. The van der Waals surface area contributed by atoms with Gasteiger partial charge in [-0.1, -0.05) is 13.0 Å². The molecule has 0 fully saturated rings. The predicted octanol–water partition coefficient (Wildman–Crippen LogP) is 3.36. The summed E-state index contributed by atoms with van der Waals surface area (Å²) in [5.41, 5.74) is 0.321. The zero-order valence-electron chi connectivity index (χ0n) is 15.6. The van der Waals surface area contributed by atoms with E-state index in [2.05, 4.69) is 10.6 Å².